The Morgan fingerprint density at radius 1 is 1.47 bits per heavy atom. The van der Waals surface area contributed by atoms with Crippen LogP contribution in [0, 0.1) is 5.82 Å². The Morgan fingerprint density at radius 2 is 2.27 bits per heavy atom. The molecule has 0 saturated heterocycles. The predicted molar refractivity (Wildman–Crippen MR) is 50.3 cm³/mol. The molecule has 0 radical (unpaired) electrons. The van der Waals surface area contributed by atoms with Gasteiger partial charge in [-0.3, -0.25) is 0 Å². The van der Waals surface area contributed by atoms with Crippen molar-refractivity contribution in [2.45, 2.75) is 13.0 Å². The highest BCUT2D eigenvalue weighted by Gasteiger charge is 2.12. The first-order valence-corrected chi connectivity index (χ1v) is 4.44. The smallest absolute Gasteiger partial charge is 0.255 e. The van der Waals surface area contributed by atoms with Crippen LogP contribution < -0.4 is 0 Å². The van der Waals surface area contributed by atoms with Gasteiger partial charge in [-0.2, -0.15) is 4.98 Å². The molecule has 15 heavy (non-hydrogen) atoms. The zero-order valence-electron chi connectivity index (χ0n) is 8.01. The highest BCUT2D eigenvalue weighted by molar-refractivity contribution is 5.53. The molecular weight excluding hydrogens is 199 g/mol. The van der Waals surface area contributed by atoms with Crippen molar-refractivity contribution in [1.29, 1.82) is 0 Å². The summed E-state index contributed by atoms with van der Waals surface area (Å²) in [4.78, 5) is 3.93. The summed E-state index contributed by atoms with van der Waals surface area (Å²) in [6, 6.07) is 5.86. The second kappa shape index (κ2) is 3.78. The maximum absolute atomic E-state index is 12.9. The van der Waals surface area contributed by atoms with Gasteiger partial charge in [0.25, 0.3) is 5.89 Å². The highest BCUT2D eigenvalue weighted by Crippen LogP contribution is 2.18. The van der Waals surface area contributed by atoms with E-state index in [9.17, 15) is 4.39 Å². The molecule has 0 fully saturated rings. The van der Waals surface area contributed by atoms with Crippen LogP contribution in [0.5, 0.6) is 0 Å². The van der Waals surface area contributed by atoms with Crippen LogP contribution in [0.15, 0.2) is 28.8 Å². The fourth-order valence-corrected chi connectivity index (χ4v) is 1.15. The van der Waals surface area contributed by atoms with Crippen molar-refractivity contribution in [3.63, 3.8) is 0 Å². The molecule has 4 nitrogen and oxygen atoms in total. The number of nitrogens with zero attached hydrogens (tertiary/aromatic N) is 2. The number of aliphatic hydroxyl groups is 1. The number of hydrogen-bond donors (Lipinski definition) is 1. The van der Waals surface area contributed by atoms with E-state index in [4.69, 9.17) is 9.63 Å². The second-order valence-electron chi connectivity index (χ2n) is 3.14. The van der Waals surface area contributed by atoms with Crippen LogP contribution in [-0.4, -0.2) is 15.2 Å². The molecule has 0 bridgehead atoms. The minimum atomic E-state index is -0.820. The summed E-state index contributed by atoms with van der Waals surface area (Å²) in [5.41, 5.74) is 0.519. The second-order valence-corrected chi connectivity index (χ2v) is 3.14. The van der Waals surface area contributed by atoms with Gasteiger partial charge in [0.1, 0.15) is 11.9 Å². The lowest BCUT2D eigenvalue weighted by molar-refractivity contribution is 0.152. The van der Waals surface area contributed by atoms with Gasteiger partial charge in [-0.15, -0.1) is 0 Å². The molecule has 1 aromatic heterocycles. The van der Waals surface area contributed by atoms with Crippen molar-refractivity contribution < 1.29 is 14.0 Å². The van der Waals surface area contributed by atoms with Crippen LogP contribution in [0.3, 0.4) is 0 Å². The van der Waals surface area contributed by atoms with Crippen molar-refractivity contribution in [1.82, 2.24) is 10.1 Å². The van der Waals surface area contributed by atoms with Crippen LogP contribution >= 0.6 is 0 Å². The van der Waals surface area contributed by atoms with Gasteiger partial charge in [0.15, 0.2) is 0 Å². The average Bonchev–Trinajstić information content (AvgIpc) is 2.66. The quantitative estimate of drug-likeness (QED) is 0.819. The molecule has 0 spiro atoms. The monoisotopic (exact) mass is 208 g/mol. The Hall–Kier alpha value is -1.75. The summed E-state index contributed by atoms with van der Waals surface area (Å²) >= 11 is 0. The first kappa shape index (κ1) is 9.79. The van der Waals surface area contributed by atoms with E-state index in [1.807, 2.05) is 0 Å². The molecule has 0 aliphatic heterocycles. The van der Waals surface area contributed by atoms with Crippen molar-refractivity contribution in [2.24, 2.45) is 0 Å². The van der Waals surface area contributed by atoms with Gasteiger partial charge >= 0.3 is 0 Å². The van der Waals surface area contributed by atoms with Gasteiger partial charge in [0, 0.05) is 5.56 Å². The van der Waals surface area contributed by atoms with Gasteiger partial charge < -0.3 is 9.63 Å². The van der Waals surface area contributed by atoms with Gasteiger partial charge in [-0.1, -0.05) is 17.3 Å². The van der Waals surface area contributed by atoms with E-state index in [1.165, 1.54) is 19.1 Å². The van der Waals surface area contributed by atoms with E-state index in [2.05, 4.69) is 10.1 Å². The Bertz CT molecular complexity index is 468. The number of benzene rings is 1. The topological polar surface area (TPSA) is 59.2 Å². The maximum Gasteiger partial charge on any atom is 0.255 e. The standard InChI is InChI=1S/C10H9FN2O2/c1-6(14)10-12-9(13-15-10)7-3-2-4-8(11)5-7/h2-6,14H,1H3. The van der Waals surface area contributed by atoms with Gasteiger partial charge in [-0.25, -0.2) is 4.39 Å². The van der Waals surface area contributed by atoms with Gasteiger partial charge in [0.2, 0.25) is 5.82 Å². The lowest BCUT2D eigenvalue weighted by Crippen LogP contribution is -1.90. The molecule has 0 amide bonds. The predicted octanol–water partition coefficient (Wildman–Crippen LogP) is 1.93. The zero-order chi connectivity index (χ0) is 10.8. The minimum Gasteiger partial charge on any atom is -0.384 e. The van der Waals surface area contributed by atoms with E-state index >= 15 is 0 Å². The molecule has 5 heteroatoms. The first-order valence-electron chi connectivity index (χ1n) is 4.44. The molecule has 1 N–H and O–H groups in total. The lowest BCUT2D eigenvalue weighted by Gasteiger charge is -1.94. The lowest BCUT2D eigenvalue weighted by atomic mass is 10.2. The van der Waals surface area contributed by atoms with Crippen molar-refractivity contribution in [3.05, 3.63) is 36.0 Å². The molecule has 78 valence electrons. The summed E-state index contributed by atoms with van der Waals surface area (Å²) in [5, 5.41) is 12.8. The molecule has 0 saturated carbocycles. The number of hydrogen-bond acceptors (Lipinski definition) is 4. The Labute approximate surface area is 85.4 Å². The maximum atomic E-state index is 12.9. The highest BCUT2D eigenvalue weighted by atomic mass is 19.1. The molecular formula is C10H9FN2O2. The fraction of sp³-hybridized carbons (Fsp3) is 0.200. The van der Waals surface area contributed by atoms with Crippen molar-refractivity contribution in [2.75, 3.05) is 0 Å². The van der Waals surface area contributed by atoms with Gasteiger partial charge in [-0.05, 0) is 19.1 Å². The summed E-state index contributed by atoms with van der Waals surface area (Å²) in [7, 11) is 0. The summed E-state index contributed by atoms with van der Waals surface area (Å²) in [5.74, 6) is 0.0237. The number of halogens is 1. The van der Waals surface area contributed by atoms with E-state index < -0.39 is 6.10 Å². The third-order valence-corrected chi connectivity index (χ3v) is 1.88. The minimum absolute atomic E-state index is 0.120. The zero-order valence-corrected chi connectivity index (χ0v) is 8.01. The van der Waals surface area contributed by atoms with Crippen LogP contribution in [-0.2, 0) is 0 Å². The molecule has 1 heterocycles. The van der Waals surface area contributed by atoms with E-state index in [1.54, 1.807) is 12.1 Å². The molecule has 0 aliphatic rings. The van der Waals surface area contributed by atoms with Crippen LogP contribution in [0.2, 0.25) is 0 Å². The van der Waals surface area contributed by atoms with Crippen molar-refractivity contribution >= 4 is 0 Å². The molecule has 1 atom stereocenters. The molecule has 2 aromatic rings. The third kappa shape index (κ3) is 2.02. The van der Waals surface area contributed by atoms with Crippen LogP contribution in [0.1, 0.15) is 18.9 Å². The number of aliphatic hydroxyl groups excluding tert-OH is 1. The normalized spacial score (nSPS) is 12.7. The third-order valence-electron chi connectivity index (χ3n) is 1.88. The Morgan fingerprint density at radius 3 is 2.87 bits per heavy atom. The largest absolute Gasteiger partial charge is 0.384 e. The SMILES string of the molecule is CC(O)c1nc(-c2cccc(F)c2)no1. The number of rotatable bonds is 2. The summed E-state index contributed by atoms with van der Waals surface area (Å²) in [6.45, 7) is 1.52. The fourth-order valence-electron chi connectivity index (χ4n) is 1.15. The first-order chi connectivity index (χ1) is 7.16. The average molecular weight is 208 g/mol. The van der Waals surface area contributed by atoms with Crippen LogP contribution in [0.4, 0.5) is 4.39 Å². The number of aromatic nitrogens is 2. The van der Waals surface area contributed by atoms with Crippen molar-refractivity contribution in [3.8, 4) is 11.4 Å². The Kier molecular flexibility index (Phi) is 2.47. The van der Waals surface area contributed by atoms with E-state index in [0.29, 0.717) is 5.56 Å². The van der Waals surface area contributed by atoms with E-state index in [0.717, 1.165) is 0 Å². The molecule has 1 aromatic carbocycles. The molecule has 0 aliphatic carbocycles. The van der Waals surface area contributed by atoms with E-state index in [-0.39, 0.29) is 17.5 Å². The molecule has 1 unspecified atom stereocenters. The Balaban J connectivity index is 2.37. The van der Waals surface area contributed by atoms with Gasteiger partial charge in [0.05, 0.1) is 0 Å². The summed E-state index contributed by atoms with van der Waals surface area (Å²) in [6.07, 6.45) is -0.820. The van der Waals surface area contributed by atoms with Crippen LogP contribution in [0.25, 0.3) is 11.4 Å². The molecule has 2 rings (SSSR count). The summed E-state index contributed by atoms with van der Waals surface area (Å²) < 4.78 is 17.7.